The fourth-order valence-corrected chi connectivity index (χ4v) is 6.34. The van der Waals surface area contributed by atoms with Gasteiger partial charge >= 0.3 is 6.29 Å². The fourth-order valence-electron chi connectivity index (χ4n) is 6.34. The maximum absolute atomic E-state index is 15.9. The lowest BCUT2D eigenvalue weighted by atomic mass is 9.83. The summed E-state index contributed by atoms with van der Waals surface area (Å²) in [5, 5.41) is 2.68. The number of halogens is 3. The van der Waals surface area contributed by atoms with Crippen molar-refractivity contribution in [2.24, 2.45) is 0 Å². The second-order valence-electron chi connectivity index (χ2n) is 13.7. The van der Waals surface area contributed by atoms with Crippen molar-refractivity contribution in [3.8, 4) is 17.2 Å². The number of benzene rings is 3. The maximum atomic E-state index is 15.9. The van der Waals surface area contributed by atoms with Gasteiger partial charge in [0.1, 0.15) is 35.5 Å². The third-order valence-electron chi connectivity index (χ3n) is 8.83. The van der Waals surface area contributed by atoms with E-state index in [1.54, 1.807) is 6.92 Å². The molecule has 3 aromatic carbocycles. The normalized spacial score (nSPS) is 22.1. The molecule has 1 fully saturated rings. The number of alkyl halides is 2. The van der Waals surface area contributed by atoms with Crippen molar-refractivity contribution in [3.63, 3.8) is 0 Å². The first kappa shape index (κ1) is 32.2. The molecule has 3 aliphatic rings. The van der Waals surface area contributed by atoms with E-state index in [2.05, 4.69) is 14.8 Å². The molecule has 3 aliphatic heterocycles. The smallest absolute Gasteiger partial charge is 0.492 e. The van der Waals surface area contributed by atoms with Crippen molar-refractivity contribution in [1.82, 2.24) is 9.55 Å². The highest BCUT2D eigenvalue weighted by atomic mass is 19.3. The Morgan fingerprint density at radius 2 is 1.79 bits per heavy atom. The third kappa shape index (κ3) is 5.95. The zero-order chi connectivity index (χ0) is 34.1. The Labute approximate surface area is 275 Å². The molecule has 2 atom stereocenters. The van der Waals surface area contributed by atoms with Crippen molar-refractivity contribution in [1.29, 1.82) is 0 Å². The molecule has 0 unspecified atom stereocenters. The molecular formula is C35H36F3N3O7. The highest BCUT2D eigenvalue weighted by Crippen LogP contribution is 2.50. The van der Waals surface area contributed by atoms with Crippen molar-refractivity contribution >= 4 is 22.6 Å². The molecule has 1 amide bonds. The zero-order valence-electron chi connectivity index (χ0n) is 27.2. The number of carbonyl (C=O) groups is 1. The van der Waals surface area contributed by atoms with E-state index < -0.39 is 34.6 Å². The maximum Gasteiger partial charge on any atom is 0.586 e. The quantitative estimate of drug-likeness (QED) is 0.218. The number of hydrogen-bond donors (Lipinski definition) is 1. The standard InChI is InChI=1S/C35H36F3N3O7/c1-32(2,18-43-16-20-9-7-6-8-10-20)30-39-25-13-24(23(36)12-26(25)41(30)15-21-17-45-33(3,4)46-21)40-31(42)34(5)19-44-27-14-29-28(11-22(27)34)47-35(37,38)48-29/h6-14,21H,15-19H2,1-5H3,(H,40,42)/t21-,34+/m1/s1. The number of nitrogens with zero attached hydrogens (tertiary/aromatic N) is 2. The van der Waals surface area contributed by atoms with E-state index in [1.807, 2.05) is 62.6 Å². The Bertz CT molecular complexity index is 1900. The van der Waals surface area contributed by atoms with Crippen LogP contribution in [0.1, 0.15) is 51.6 Å². The van der Waals surface area contributed by atoms with Gasteiger partial charge in [0.05, 0.1) is 43.1 Å². The Kier molecular flexibility index (Phi) is 7.64. The van der Waals surface area contributed by atoms with Crippen LogP contribution in [0, 0.1) is 5.82 Å². The lowest BCUT2D eigenvalue weighted by molar-refractivity contribution is -0.286. The molecule has 4 heterocycles. The van der Waals surface area contributed by atoms with E-state index >= 15 is 4.39 Å². The Hall–Kier alpha value is -4.33. The van der Waals surface area contributed by atoms with Gasteiger partial charge in [0.2, 0.25) is 5.91 Å². The summed E-state index contributed by atoms with van der Waals surface area (Å²) in [6, 6.07) is 15.2. The SMILES string of the molecule is CC1(C)OC[C@@H](Cn2c(C(C)(C)COCc3ccccc3)nc3cc(NC(=O)[C@@]4(C)COc5cc6c(cc54)OC(F)(F)O6)c(F)cc32)O1. The number of anilines is 1. The number of carbonyl (C=O) groups excluding carboxylic acids is 1. The van der Waals surface area contributed by atoms with Crippen LogP contribution < -0.4 is 19.5 Å². The van der Waals surface area contributed by atoms with E-state index in [1.165, 1.54) is 24.3 Å². The Morgan fingerprint density at radius 3 is 2.50 bits per heavy atom. The van der Waals surface area contributed by atoms with Crippen molar-refractivity contribution in [3.05, 3.63) is 77.4 Å². The van der Waals surface area contributed by atoms with Gasteiger partial charge < -0.3 is 38.3 Å². The van der Waals surface area contributed by atoms with Crippen LogP contribution in [0.15, 0.2) is 54.6 Å². The molecule has 4 aromatic rings. The average molecular weight is 668 g/mol. The van der Waals surface area contributed by atoms with Crippen LogP contribution in [0.4, 0.5) is 18.9 Å². The molecule has 1 N–H and O–H groups in total. The molecule has 48 heavy (non-hydrogen) atoms. The highest BCUT2D eigenvalue weighted by molar-refractivity contribution is 6.01. The average Bonchev–Trinajstić information content (AvgIpc) is 3.74. The first-order valence-electron chi connectivity index (χ1n) is 15.6. The van der Waals surface area contributed by atoms with Gasteiger partial charge in [-0.25, -0.2) is 9.37 Å². The Morgan fingerprint density at radius 1 is 1.06 bits per heavy atom. The summed E-state index contributed by atoms with van der Waals surface area (Å²) in [6.45, 7) is 10.6. The summed E-state index contributed by atoms with van der Waals surface area (Å²) < 4.78 is 77.9. The van der Waals surface area contributed by atoms with Gasteiger partial charge in [-0.3, -0.25) is 4.79 Å². The van der Waals surface area contributed by atoms with Crippen molar-refractivity contribution < 1.29 is 46.4 Å². The number of rotatable bonds is 9. The highest BCUT2D eigenvalue weighted by Gasteiger charge is 2.49. The van der Waals surface area contributed by atoms with Gasteiger partial charge in [-0.15, -0.1) is 8.78 Å². The van der Waals surface area contributed by atoms with Gasteiger partial charge in [-0.2, -0.15) is 0 Å². The molecule has 254 valence electrons. The van der Waals surface area contributed by atoms with Crippen LogP contribution in [0.2, 0.25) is 0 Å². The number of amides is 1. The number of nitrogens with one attached hydrogen (secondary N) is 1. The first-order chi connectivity index (χ1) is 22.6. The topological polar surface area (TPSA) is 102 Å². The monoisotopic (exact) mass is 667 g/mol. The lowest BCUT2D eigenvalue weighted by Crippen LogP contribution is -2.39. The summed E-state index contributed by atoms with van der Waals surface area (Å²) in [5.74, 6) is -1.60. The van der Waals surface area contributed by atoms with E-state index in [9.17, 15) is 13.6 Å². The van der Waals surface area contributed by atoms with Crippen molar-refractivity contribution in [2.75, 3.05) is 25.1 Å². The second-order valence-corrected chi connectivity index (χ2v) is 13.7. The molecule has 0 aliphatic carbocycles. The van der Waals surface area contributed by atoms with Gasteiger partial charge in [-0.1, -0.05) is 44.2 Å². The van der Waals surface area contributed by atoms with Crippen LogP contribution >= 0.6 is 0 Å². The van der Waals surface area contributed by atoms with E-state index in [-0.39, 0.29) is 35.6 Å². The lowest BCUT2D eigenvalue weighted by Gasteiger charge is -2.26. The number of imidazole rings is 1. The molecule has 0 bridgehead atoms. The van der Waals surface area contributed by atoms with Crippen LogP contribution in [-0.2, 0) is 43.0 Å². The molecule has 13 heteroatoms. The van der Waals surface area contributed by atoms with Gasteiger partial charge in [0.15, 0.2) is 17.3 Å². The third-order valence-corrected chi connectivity index (χ3v) is 8.83. The zero-order valence-corrected chi connectivity index (χ0v) is 27.2. The summed E-state index contributed by atoms with van der Waals surface area (Å²) in [5.41, 5.74) is 0.272. The van der Waals surface area contributed by atoms with Crippen LogP contribution in [0.25, 0.3) is 11.0 Å². The molecule has 10 nitrogen and oxygen atoms in total. The second kappa shape index (κ2) is 11.4. The van der Waals surface area contributed by atoms with Crippen molar-refractivity contribution in [2.45, 2.75) is 76.8 Å². The summed E-state index contributed by atoms with van der Waals surface area (Å²) in [7, 11) is 0. The summed E-state index contributed by atoms with van der Waals surface area (Å²) >= 11 is 0. The minimum atomic E-state index is -3.83. The van der Waals surface area contributed by atoms with E-state index in [0.29, 0.717) is 48.8 Å². The largest absolute Gasteiger partial charge is 0.586 e. The predicted octanol–water partition coefficient (Wildman–Crippen LogP) is 6.43. The van der Waals surface area contributed by atoms with Gasteiger partial charge in [0.25, 0.3) is 0 Å². The summed E-state index contributed by atoms with van der Waals surface area (Å²) in [4.78, 5) is 18.7. The van der Waals surface area contributed by atoms with Crippen LogP contribution in [0.3, 0.4) is 0 Å². The number of hydrogen-bond acceptors (Lipinski definition) is 8. The summed E-state index contributed by atoms with van der Waals surface area (Å²) in [6.07, 6.45) is -4.13. The Balaban J connectivity index is 1.18. The molecule has 7 rings (SSSR count). The molecule has 0 radical (unpaired) electrons. The molecule has 1 aromatic heterocycles. The minimum absolute atomic E-state index is 0.0923. The minimum Gasteiger partial charge on any atom is -0.492 e. The van der Waals surface area contributed by atoms with Gasteiger partial charge in [-0.05, 0) is 38.5 Å². The number of fused-ring (bicyclic) bond motifs is 3. The number of aromatic nitrogens is 2. The fraction of sp³-hybridized carbons (Fsp3) is 0.429. The van der Waals surface area contributed by atoms with Gasteiger partial charge in [0, 0.05) is 23.1 Å². The molecule has 0 spiro atoms. The first-order valence-corrected chi connectivity index (χ1v) is 15.6. The predicted molar refractivity (Wildman–Crippen MR) is 168 cm³/mol. The van der Waals surface area contributed by atoms with Crippen LogP contribution in [0.5, 0.6) is 17.2 Å². The van der Waals surface area contributed by atoms with Crippen LogP contribution in [-0.4, -0.2) is 53.5 Å². The molecule has 0 saturated carbocycles. The van der Waals surface area contributed by atoms with E-state index in [4.69, 9.17) is 23.9 Å². The molecule has 1 saturated heterocycles. The molecular weight excluding hydrogens is 631 g/mol. The number of ether oxygens (including phenoxy) is 6. The van der Waals surface area contributed by atoms with E-state index in [0.717, 1.165) is 5.56 Å².